The second-order valence-electron chi connectivity index (χ2n) is 7.90. The number of hydrogen-bond donors (Lipinski definition) is 2. The van der Waals surface area contributed by atoms with E-state index < -0.39 is 35.0 Å². The number of alkyl halides is 3. The van der Waals surface area contributed by atoms with Crippen LogP contribution in [0.25, 0.3) is 0 Å². The maximum Gasteiger partial charge on any atom is 0.573 e. The number of aromatic nitrogens is 1. The number of carbonyl (C=O) groups is 2. The molecule has 8 nitrogen and oxygen atoms in total. The van der Waals surface area contributed by atoms with Gasteiger partial charge in [-0.1, -0.05) is 36.0 Å². The molecule has 3 unspecified atom stereocenters. The van der Waals surface area contributed by atoms with E-state index >= 15 is 0 Å². The summed E-state index contributed by atoms with van der Waals surface area (Å²) < 4.78 is 52.8. The molecule has 0 saturated carbocycles. The van der Waals surface area contributed by atoms with Gasteiger partial charge in [-0.2, -0.15) is 0 Å². The molecule has 4 rings (SSSR count). The third kappa shape index (κ3) is 7.61. The summed E-state index contributed by atoms with van der Waals surface area (Å²) in [7, 11) is 0. The number of aliphatic hydroxyl groups excluding tert-OH is 1. The molecule has 0 bridgehead atoms. The maximum atomic E-state index is 12.6. The zero-order valence-electron chi connectivity index (χ0n) is 19.1. The molecule has 2 aromatic carbocycles. The van der Waals surface area contributed by atoms with Gasteiger partial charge in [-0.05, 0) is 53.9 Å². The maximum absolute atomic E-state index is 12.6. The molecule has 0 radical (unpaired) electrons. The van der Waals surface area contributed by atoms with Crippen LogP contribution in [0.4, 0.5) is 13.2 Å². The van der Waals surface area contributed by atoms with Gasteiger partial charge in [0.15, 0.2) is 11.7 Å². The number of esters is 1. The minimum absolute atomic E-state index is 0.127. The molecule has 3 aromatic rings. The molecule has 1 aliphatic heterocycles. The molecular weight excluding hydrogens is 513 g/mol. The number of rotatable bonds is 9. The number of pyridine rings is 1. The Balaban J connectivity index is 1.44. The first-order valence-electron chi connectivity index (χ1n) is 11.0. The van der Waals surface area contributed by atoms with E-state index in [0.717, 1.165) is 29.5 Å². The molecule has 0 aliphatic carbocycles. The van der Waals surface area contributed by atoms with Crippen LogP contribution in [0.1, 0.15) is 27.6 Å². The molecule has 1 amide bonds. The SMILES string of the molecule is O=C(OC(COc1ccc(CC2SC(O)NC2=O)cc1)c1ccc(OC(F)(F)F)cc1)c1cccnc1. The van der Waals surface area contributed by atoms with Gasteiger partial charge in [-0.25, -0.2) is 4.79 Å². The van der Waals surface area contributed by atoms with Crippen molar-refractivity contribution in [2.45, 2.75) is 29.7 Å². The highest BCUT2D eigenvalue weighted by atomic mass is 32.2. The van der Waals surface area contributed by atoms with Crippen LogP contribution in [0, 0.1) is 0 Å². The normalized spacial score (nSPS) is 18.1. The van der Waals surface area contributed by atoms with Crippen molar-refractivity contribution in [3.8, 4) is 11.5 Å². The number of aliphatic hydroxyl groups is 1. The van der Waals surface area contributed by atoms with Gasteiger partial charge in [0.05, 0.1) is 10.8 Å². The predicted octanol–water partition coefficient (Wildman–Crippen LogP) is 4.01. The molecule has 0 spiro atoms. The molecule has 2 N–H and O–H groups in total. The van der Waals surface area contributed by atoms with Gasteiger partial charge in [0.25, 0.3) is 0 Å². The van der Waals surface area contributed by atoms with Crippen LogP contribution in [0.15, 0.2) is 73.1 Å². The lowest BCUT2D eigenvalue weighted by Gasteiger charge is -2.20. The molecule has 12 heteroatoms. The van der Waals surface area contributed by atoms with Crippen molar-refractivity contribution >= 4 is 23.6 Å². The fraction of sp³-hybridized carbons (Fsp3) is 0.240. The first-order valence-corrected chi connectivity index (χ1v) is 11.9. The number of nitrogens with zero attached hydrogens (tertiary/aromatic N) is 1. The number of hydrogen-bond acceptors (Lipinski definition) is 8. The molecule has 3 atom stereocenters. The van der Waals surface area contributed by atoms with Gasteiger partial charge in [-0.15, -0.1) is 13.2 Å². The van der Waals surface area contributed by atoms with Crippen molar-refractivity contribution < 1.29 is 42.1 Å². The molecule has 1 fully saturated rings. The molecule has 1 aliphatic rings. The summed E-state index contributed by atoms with van der Waals surface area (Å²) in [5, 5.41) is 11.6. The van der Waals surface area contributed by atoms with Crippen LogP contribution in [0.2, 0.25) is 0 Å². The topological polar surface area (TPSA) is 107 Å². The first kappa shape index (κ1) is 26.3. The monoisotopic (exact) mass is 534 g/mol. The van der Waals surface area contributed by atoms with Gasteiger partial charge in [-0.3, -0.25) is 9.78 Å². The molecule has 37 heavy (non-hydrogen) atoms. The van der Waals surface area contributed by atoms with E-state index in [-0.39, 0.29) is 18.1 Å². The lowest BCUT2D eigenvalue weighted by atomic mass is 10.1. The van der Waals surface area contributed by atoms with E-state index in [1.807, 2.05) is 0 Å². The van der Waals surface area contributed by atoms with Gasteiger partial charge in [0.1, 0.15) is 18.1 Å². The standard InChI is InChI=1S/C25H21F3N2O6S/c26-25(27,28)36-19-9-5-16(6-10-19)20(35-23(32)17-2-1-11-29-13-17)14-34-18-7-3-15(4-8-18)12-21-22(31)30-24(33)37-21/h1-11,13,20-21,24,33H,12,14H2,(H,30,31). The average molecular weight is 535 g/mol. The van der Waals surface area contributed by atoms with Crippen molar-refractivity contribution in [1.82, 2.24) is 10.3 Å². The molecule has 2 heterocycles. The Labute approximate surface area is 213 Å². The third-order valence-electron chi connectivity index (χ3n) is 5.23. The van der Waals surface area contributed by atoms with Crippen molar-refractivity contribution in [1.29, 1.82) is 0 Å². The number of amides is 1. The number of nitrogens with one attached hydrogen (secondary N) is 1. The lowest BCUT2D eigenvalue weighted by Crippen LogP contribution is -2.27. The number of halogens is 3. The molecular formula is C25H21F3N2O6S. The summed E-state index contributed by atoms with van der Waals surface area (Å²) in [5.41, 5.74) is 0.536. The third-order valence-corrected chi connectivity index (χ3v) is 6.31. The number of benzene rings is 2. The van der Waals surface area contributed by atoms with E-state index in [1.54, 1.807) is 30.3 Å². The zero-order chi connectivity index (χ0) is 26.4. The Morgan fingerprint density at radius 2 is 1.78 bits per heavy atom. The second kappa shape index (κ2) is 11.5. The van der Waals surface area contributed by atoms with Crippen LogP contribution in [0.3, 0.4) is 0 Å². The van der Waals surface area contributed by atoms with E-state index in [0.29, 0.717) is 17.7 Å². The Morgan fingerprint density at radius 1 is 1.08 bits per heavy atom. The largest absolute Gasteiger partial charge is 0.573 e. The van der Waals surface area contributed by atoms with Gasteiger partial charge in [0.2, 0.25) is 5.91 Å². The van der Waals surface area contributed by atoms with E-state index in [4.69, 9.17) is 9.47 Å². The fourth-order valence-corrected chi connectivity index (χ4v) is 4.45. The highest BCUT2D eigenvalue weighted by molar-refractivity contribution is 8.01. The Morgan fingerprint density at radius 3 is 2.38 bits per heavy atom. The highest BCUT2D eigenvalue weighted by Crippen LogP contribution is 2.28. The summed E-state index contributed by atoms with van der Waals surface area (Å²) in [5.74, 6) is -0.872. The highest BCUT2D eigenvalue weighted by Gasteiger charge is 2.32. The Hall–Kier alpha value is -3.77. The van der Waals surface area contributed by atoms with Gasteiger partial charge >= 0.3 is 12.3 Å². The summed E-state index contributed by atoms with van der Waals surface area (Å²) in [4.78, 5) is 28.3. The zero-order valence-corrected chi connectivity index (χ0v) is 19.9. The van der Waals surface area contributed by atoms with Gasteiger partial charge in [0, 0.05) is 12.4 Å². The average Bonchev–Trinajstić information content (AvgIpc) is 3.18. The van der Waals surface area contributed by atoms with Crippen molar-refractivity contribution in [2.75, 3.05) is 6.61 Å². The number of thioether (sulfide) groups is 1. The lowest BCUT2D eigenvalue weighted by molar-refractivity contribution is -0.274. The first-order chi connectivity index (χ1) is 17.7. The van der Waals surface area contributed by atoms with Crippen LogP contribution >= 0.6 is 11.8 Å². The Bertz CT molecular complexity index is 1210. The smallest absolute Gasteiger partial charge is 0.489 e. The Kier molecular flexibility index (Phi) is 8.19. The summed E-state index contributed by atoms with van der Waals surface area (Å²) >= 11 is 1.13. The van der Waals surface area contributed by atoms with E-state index in [1.165, 1.54) is 30.6 Å². The fourth-order valence-electron chi connectivity index (χ4n) is 3.48. The van der Waals surface area contributed by atoms with Crippen molar-refractivity contribution in [3.63, 3.8) is 0 Å². The predicted molar refractivity (Wildman–Crippen MR) is 127 cm³/mol. The minimum atomic E-state index is -4.83. The van der Waals surface area contributed by atoms with Crippen LogP contribution in [-0.4, -0.2) is 45.7 Å². The summed E-state index contributed by atoms with van der Waals surface area (Å²) in [6.45, 7) is -0.127. The van der Waals surface area contributed by atoms with E-state index in [9.17, 15) is 27.9 Å². The van der Waals surface area contributed by atoms with E-state index in [2.05, 4.69) is 15.0 Å². The van der Waals surface area contributed by atoms with Crippen molar-refractivity contribution in [3.05, 3.63) is 89.7 Å². The molecule has 1 aromatic heterocycles. The quantitative estimate of drug-likeness (QED) is 0.397. The van der Waals surface area contributed by atoms with Crippen LogP contribution in [-0.2, 0) is 16.0 Å². The number of carbonyl (C=O) groups excluding carboxylic acids is 2. The molecule has 194 valence electrons. The number of ether oxygens (including phenoxy) is 3. The van der Waals surface area contributed by atoms with Crippen LogP contribution in [0.5, 0.6) is 11.5 Å². The minimum Gasteiger partial charge on any atom is -0.489 e. The van der Waals surface area contributed by atoms with Crippen LogP contribution < -0.4 is 14.8 Å². The summed E-state index contributed by atoms with van der Waals surface area (Å²) in [6, 6.07) is 15.0. The second-order valence-corrected chi connectivity index (χ2v) is 9.18. The van der Waals surface area contributed by atoms with Gasteiger partial charge < -0.3 is 24.6 Å². The summed E-state index contributed by atoms with van der Waals surface area (Å²) in [6.07, 6.45) is -2.52. The van der Waals surface area contributed by atoms with Crippen molar-refractivity contribution in [2.24, 2.45) is 0 Å². The molecule has 1 saturated heterocycles.